The van der Waals surface area contributed by atoms with E-state index in [2.05, 4.69) is 22.7 Å². The molecule has 1 saturated carbocycles. The Morgan fingerprint density at radius 2 is 2.08 bits per heavy atom. The van der Waals surface area contributed by atoms with Crippen LogP contribution >= 0.6 is 22.9 Å². The molecule has 2 aliphatic carbocycles. The number of hydrogen-bond donors (Lipinski definition) is 2. The summed E-state index contributed by atoms with van der Waals surface area (Å²) in [4.78, 5) is 20.4. The summed E-state index contributed by atoms with van der Waals surface area (Å²) in [7, 11) is -2.11. The minimum absolute atomic E-state index is 0.0559. The van der Waals surface area contributed by atoms with Crippen molar-refractivity contribution in [3.05, 3.63) is 39.9 Å². The molecule has 1 amide bonds. The van der Waals surface area contributed by atoms with Crippen molar-refractivity contribution in [2.45, 2.75) is 63.4 Å². The summed E-state index contributed by atoms with van der Waals surface area (Å²) >= 11 is 7.24. The van der Waals surface area contributed by atoms with Gasteiger partial charge in [-0.3, -0.25) is 9.52 Å². The number of fused-ring (bicyclic) bond motifs is 2. The van der Waals surface area contributed by atoms with E-state index in [4.69, 9.17) is 16.9 Å². The molecule has 200 valence electrons. The molecule has 37 heavy (non-hydrogen) atoms. The van der Waals surface area contributed by atoms with Crippen molar-refractivity contribution in [3.8, 4) is 6.07 Å². The van der Waals surface area contributed by atoms with Crippen LogP contribution < -0.4 is 4.72 Å². The van der Waals surface area contributed by atoms with Gasteiger partial charge in [-0.15, -0.1) is 11.3 Å². The van der Waals surface area contributed by atoms with Crippen molar-refractivity contribution in [2.24, 2.45) is 23.2 Å². The van der Waals surface area contributed by atoms with Gasteiger partial charge in [0.05, 0.1) is 29.2 Å². The highest BCUT2D eigenvalue weighted by atomic mass is 35.5. The molecule has 2 N–H and O–H groups in total. The van der Waals surface area contributed by atoms with Crippen LogP contribution in [0.15, 0.2) is 29.2 Å². The Morgan fingerprint density at radius 3 is 2.73 bits per heavy atom. The van der Waals surface area contributed by atoms with Gasteiger partial charge in [-0.05, 0) is 60.8 Å². The van der Waals surface area contributed by atoms with Gasteiger partial charge in [0, 0.05) is 35.3 Å². The van der Waals surface area contributed by atoms with Gasteiger partial charge in [-0.25, -0.2) is 13.4 Å². The quantitative estimate of drug-likeness (QED) is 0.504. The van der Waals surface area contributed by atoms with Gasteiger partial charge in [0.1, 0.15) is 0 Å². The second kappa shape index (κ2) is 10.5. The summed E-state index contributed by atoms with van der Waals surface area (Å²) in [5.41, 5.74) is 0.627. The molecule has 4 rings (SSSR count). The van der Waals surface area contributed by atoms with Crippen molar-refractivity contribution in [1.29, 1.82) is 5.26 Å². The van der Waals surface area contributed by atoms with E-state index < -0.39 is 16.1 Å². The summed E-state index contributed by atoms with van der Waals surface area (Å²) in [6.07, 6.45) is 1.86. The standard InChI is InChI=1S/C26H33ClN4O4S2/c1-15(24(33)31(4)13-5-12-28)19-10-11-26(3)14-20-22(16(2)21(26)23(19)32)29-25(36-20)30-37(34,35)18-8-6-17(27)7-9-18/h6-9,15-16,19,21,23,32H,5,10-11,13-14H2,1-4H3,(H,29,30)/t15-,16-,19+,21+,23-,26+/m0/s1. The van der Waals surface area contributed by atoms with E-state index in [-0.39, 0.29) is 46.3 Å². The number of aliphatic hydroxyl groups is 1. The number of halogens is 1. The maximum absolute atomic E-state index is 13.0. The lowest BCUT2D eigenvalue weighted by Crippen LogP contribution is -2.53. The van der Waals surface area contributed by atoms with Crippen molar-refractivity contribution < 1.29 is 18.3 Å². The number of anilines is 1. The fraction of sp³-hybridized carbons (Fsp3) is 0.577. The third-order valence-corrected chi connectivity index (χ3v) is 11.0. The number of amides is 1. The van der Waals surface area contributed by atoms with Crippen LogP contribution in [0.2, 0.25) is 5.02 Å². The first kappa shape index (κ1) is 27.8. The zero-order valence-electron chi connectivity index (χ0n) is 21.4. The van der Waals surface area contributed by atoms with Gasteiger partial charge < -0.3 is 10.0 Å². The molecule has 2 aromatic rings. The Morgan fingerprint density at radius 1 is 1.41 bits per heavy atom. The highest BCUT2D eigenvalue weighted by molar-refractivity contribution is 7.93. The van der Waals surface area contributed by atoms with E-state index in [1.54, 1.807) is 11.9 Å². The first-order valence-electron chi connectivity index (χ1n) is 12.5. The Balaban J connectivity index is 1.55. The van der Waals surface area contributed by atoms with E-state index in [0.717, 1.165) is 23.4 Å². The van der Waals surface area contributed by atoms with Crippen LogP contribution in [0.1, 0.15) is 56.5 Å². The lowest BCUT2D eigenvalue weighted by molar-refractivity contribution is -0.143. The minimum Gasteiger partial charge on any atom is -0.392 e. The third-order valence-electron chi connectivity index (χ3n) is 8.23. The topological polar surface area (TPSA) is 123 Å². The molecular formula is C26H33ClN4O4S2. The Hall–Kier alpha value is -2.19. The number of sulfonamides is 1. The number of rotatable bonds is 7. The molecule has 2 aliphatic rings. The van der Waals surface area contributed by atoms with Gasteiger partial charge in [-0.2, -0.15) is 5.26 Å². The number of aliphatic hydroxyl groups excluding tert-OH is 1. The number of nitrogens with one attached hydrogen (secondary N) is 1. The first-order chi connectivity index (χ1) is 17.4. The predicted molar refractivity (Wildman–Crippen MR) is 144 cm³/mol. The Bertz CT molecular complexity index is 1310. The van der Waals surface area contributed by atoms with Crippen LogP contribution in [0, 0.1) is 34.5 Å². The molecule has 11 heteroatoms. The summed E-state index contributed by atoms with van der Waals surface area (Å²) in [6.45, 7) is 6.46. The van der Waals surface area contributed by atoms with Crippen molar-refractivity contribution >= 4 is 44.0 Å². The highest BCUT2D eigenvalue weighted by Gasteiger charge is 2.54. The molecule has 1 heterocycles. The Kier molecular flexibility index (Phi) is 7.92. The predicted octanol–water partition coefficient (Wildman–Crippen LogP) is 4.66. The number of thiazole rings is 1. The molecule has 0 aliphatic heterocycles. The van der Waals surface area contributed by atoms with Crippen molar-refractivity contribution in [1.82, 2.24) is 9.88 Å². The molecule has 1 aromatic heterocycles. The van der Waals surface area contributed by atoms with E-state index in [0.29, 0.717) is 23.1 Å². The number of hydrogen-bond acceptors (Lipinski definition) is 7. The van der Waals surface area contributed by atoms with Crippen LogP contribution in [-0.2, 0) is 21.2 Å². The van der Waals surface area contributed by atoms with E-state index in [9.17, 15) is 18.3 Å². The molecule has 0 spiro atoms. The van der Waals surface area contributed by atoms with E-state index in [1.807, 2.05) is 13.8 Å². The summed E-state index contributed by atoms with van der Waals surface area (Å²) in [6, 6.07) is 8.03. The van der Waals surface area contributed by atoms with Crippen LogP contribution in [-0.4, -0.2) is 49.0 Å². The van der Waals surface area contributed by atoms with E-state index >= 15 is 0 Å². The molecular weight excluding hydrogens is 532 g/mol. The maximum atomic E-state index is 13.0. The van der Waals surface area contributed by atoms with Gasteiger partial charge in [0.2, 0.25) is 5.91 Å². The zero-order chi connectivity index (χ0) is 27.1. The number of nitriles is 1. The maximum Gasteiger partial charge on any atom is 0.263 e. The second-order valence-corrected chi connectivity index (χ2v) is 13.9. The minimum atomic E-state index is -3.82. The van der Waals surface area contributed by atoms with Crippen molar-refractivity contribution in [2.75, 3.05) is 18.3 Å². The smallest absolute Gasteiger partial charge is 0.263 e. The number of nitrogens with zero attached hydrogens (tertiary/aromatic N) is 3. The van der Waals surface area contributed by atoms with Gasteiger partial charge in [-0.1, -0.05) is 32.4 Å². The molecule has 0 bridgehead atoms. The molecule has 6 atom stereocenters. The lowest BCUT2D eigenvalue weighted by atomic mass is 9.53. The second-order valence-electron chi connectivity index (χ2n) is 10.7. The molecule has 8 nitrogen and oxygen atoms in total. The fourth-order valence-corrected chi connectivity index (χ4v) is 8.86. The van der Waals surface area contributed by atoms with Gasteiger partial charge in [0.25, 0.3) is 10.0 Å². The molecule has 1 aromatic carbocycles. The van der Waals surface area contributed by atoms with Crippen molar-refractivity contribution in [3.63, 3.8) is 0 Å². The zero-order valence-corrected chi connectivity index (χ0v) is 23.8. The SMILES string of the molecule is C[C@H](C(=O)N(C)CCC#N)[C@H]1CC[C@]2(C)Cc3sc(NS(=O)(=O)c4ccc(Cl)cc4)nc3[C@@H](C)[C@@H]2[C@H]1O. The number of benzene rings is 1. The lowest BCUT2D eigenvalue weighted by Gasteiger charge is -2.53. The fourth-order valence-electron chi connectivity index (χ4n) is 6.24. The molecule has 0 unspecified atom stereocenters. The Labute approximate surface area is 227 Å². The average molecular weight is 565 g/mol. The summed E-state index contributed by atoms with van der Waals surface area (Å²) in [5.74, 6) is -0.828. The third kappa shape index (κ3) is 5.37. The molecule has 1 fully saturated rings. The summed E-state index contributed by atoms with van der Waals surface area (Å²) < 4.78 is 28.4. The normalized spacial score (nSPS) is 27.9. The monoisotopic (exact) mass is 564 g/mol. The summed E-state index contributed by atoms with van der Waals surface area (Å²) in [5, 5.41) is 21.2. The number of carbonyl (C=O) groups is 1. The number of aromatic nitrogens is 1. The van der Waals surface area contributed by atoms with Gasteiger partial charge in [0.15, 0.2) is 5.13 Å². The van der Waals surface area contributed by atoms with Crippen LogP contribution in [0.3, 0.4) is 0 Å². The average Bonchev–Trinajstić information content (AvgIpc) is 3.23. The van der Waals surface area contributed by atoms with Gasteiger partial charge >= 0.3 is 0 Å². The largest absolute Gasteiger partial charge is 0.392 e. The number of carbonyl (C=O) groups excluding carboxylic acids is 1. The first-order valence-corrected chi connectivity index (χ1v) is 15.1. The van der Waals surface area contributed by atoms with E-state index in [1.165, 1.54) is 35.6 Å². The van der Waals surface area contributed by atoms with Crippen LogP contribution in [0.5, 0.6) is 0 Å². The molecule has 0 radical (unpaired) electrons. The van der Waals surface area contributed by atoms with Crippen LogP contribution in [0.25, 0.3) is 0 Å². The van der Waals surface area contributed by atoms with Crippen LogP contribution in [0.4, 0.5) is 5.13 Å². The molecule has 0 saturated heterocycles. The highest BCUT2D eigenvalue weighted by Crippen LogP contribution is 2.57.